The van der Waals surface area contributed by atoms with Crippen molar-refractivity contribution in [2.24, 2.45) is 16.6 Å². The molecule has 0 aromatic carbocycles. The van der Waals surface area contributed by atoms with Gasteiger partial charge < -0.3 is 16.0 Å². The van der Waals surface area contributed by atoms with Crippen molar-refractivity contribution in [3.05, 3.63) is 35.7 Å². The van der Waals surface area contributed by atoms with Crippen LogP contribution in [0.5, 0.6) is 0 Å². The SMILES string of the molecule is NCC1CCCN(C2=C(NC(=O)c3cnccn3)C=NC2)C1. The van der Waals surface area contributed by atoms with Gasteiger partial charge in [-0.25, -0.2) is 4.98 Å². The first kappa shape index (κ1) is 14.6. The Bertz CT molecular complexity index is 597. The van der Waals surface area contributed by atoms with Crippen molar-refractivity contribution in [1.82, 2.24) is 20.2 Å². The molecule has 2 aliphatic heterocycles. The summed E-state index contributed by atoms with van der Waals surface area (Å²) in [6.07, 6.45) is 8.50. The number of aliphatic imine (C=N–C) groups is 1. The number of aromatic nitrogens is 2. The Morgan fingerprint density at radius 3 is 3.14 bits per heavy atom. The highest BCUT2D eigenvalue weighted by Crippen LogP contribution is 2.22. The second kappa shape index (κ2) is 6.65. The van der Waals surface area contributed by atoms with E-state index in [9.17, 15) is 4.79 Å². The number of piperidine rings is 1. The number of carbonyl (C=O) groups excluding carboxylic acids is 1. The van der Waals surface area contributed by atoms with Crippen molar-refractivity contribution in [3.8, 4) is 0 Å². The molecule has 0 saturated carbocycles. The fraction of sp³-hybridized carbons (Fsp3) is 0.467. The second-order valence-electron chi connectivity index (χ2n) is 5.56. The van der Waals surface area contributed by atoms with Crippen LogP contribution < -0.4 is 11.1 Å². The number of hydrogen-bond donors (Lipinski definition) is 2. The summed E-state index contributed by atoms with van der Waals surface area (Å²) in [7, 11) is 0. The monoisotopic (exact) mass is 300 g/mol. The van der Waals surface area contributed by atoms with Gasteiger partial charge >= 0.3 is 0 Å². The lowest BCUT2D eigenvalue weighted by Gasteiger charge is -2.35. The van der Waals surface area contributed by atoms with Crippen LogP contribution in [0.1, 0.15) is 23.3 Å². The van der Waals surface area contributed by atoms with E-state index in [1.165, 1.54) is 18.8 Å². The maximum Gasteiger partial charge on any atom is 0.275 e. The van der Waals surface area contributed by atoms with Crippen molar-refractivity contribution in [2.75, 3.05) is 26.2 Å². The van der Waals surface area contributed by atoms with Gasteiger partial charge in [0.2, 0.25) is 0 Å². The van der Waals surface area contributed by atoms with E-state index < -0.39 is 0 Å². The Kier molecular flexibility index (Phi) is 4.43. The molecule has 7 nitrogen and oxygen atoms in total. The number of nitrogens with zero attached hydrogens (tertiary/aromatic N) is 4. The average Bonchev–Trinajstić information content (AvgIpc) is 3.04. The highest BCUT2D eigenvalue weighted by molar-refractivity contribution is 5.98. The highest BCUT2D eigenvalue weighted by Gasteiger charge is 2.25. The number of amides is 1. The first-order chi connectivity index (χ1) is 10.8. The van der Waals surface area contributed by atoms with Crippen molar-refractivity contribution >= 4 is 12.1 Å². The van der Waals surface area contributed by atoms with Gasteiger partial charge in [-0.2, -0.15) is 0 Å². The topological polar surface area (TPSA) is 96.5 Å². The number of carbonyl (C=O) groups is 1. The predicted molar refractivity (Wildman–Crippen MR) is 83.2 cm³/mol. The first-order valence-electron chi connectivity index (χ1n) is 7.53. The molecule has 116 valence electrons. The van der Waals surface area contributed by atoms with Crippen molar-refractivity contribution in [2.45, 2.75) is 12.8 Å². The van der Waals surface area contributed by atoms with Gasteiger partial charge in [0.15, 0.2) is 0 Å². The molecule has 1 amide bonds. The van der Waals surface area contributed by atoms with E-state index >= 15 is 0 Å². The Hall–Kier alpha value is -2.28. The van der Waals surface area contributed by atoms with Gasteiger partial charge in [-0.15, -0.1) is 0 Å². The molecule has 0 bridgehead atoms. The van der Waals surface area contributed by atoms with Crippen LogP contribution in [-0.4, -0.2) is 53.2 Å². The van der Waals surface area contributed by atoms with Crippen LogP contribution in [0.3, 0.4) is 0 Å². The summed E-state index contributed by atoms with van der Waals surface area (Å²) in [6, 6.07) is 0. The molecule has 1 atom stereocenters. The Balaban J connectivity index is 1.73. The quantitative estimate of drug-likeness (QED) is 0.826. The largest absolute Gasteiger partial charge is 0.371 e. The summed E-state index contributed by atoms with van der Waals surface area (Å²) in [5.41, 5.74) is 7.92. The zero-order valence-corrected chi connectivity index (χ0v) is 12.4. The predicted octanol–water partition coefficient (Wildman–Crippen LogP) is 0.173. The molecule has 1 fully saturated rings. The molecule has 7 heteroatoms. The Labute approximate surface area is 129 Å². The van der Waals surface area contributed by atoms with Gasteiger partial charge in [0.05, 0.1) is 24.1 Å². The summed E-state index contributed by atoms with van der Waals surface area (Å²) in [5.74, 6) is 0.250. The molecular weight excluding hydrogens is 280 g/mol. The van der Waals surface area contributed by atoms with Gasteiger partial charge in [-0.05, 0) is 25.3 Å². The third-order valence-electron chi connectivity index (χ3n) is 4.05. The Morgan fingerprint density at radius 1 is 1.45 bits per heavy atom. The van der Waals surface area contributed by atoms with Gasteiger partial charge in [-0.3, -0.25) is 14.8 Å². The third kappa shape index (κ3) is 3.14. The summed E-state index contributed by atoms with van der Waals surface area (Å²) >= 11 is 0. The molecule has 0 spiro atoms. The number of nitrogens with two attached hydrogens (primary N) is 1. The number of nitrogens with one attached hydrogen (secondary N) is 1. The van der Waals surface area contributed by atoms with E-state index in [1.54, 1.807) is 12.4 Å². The molecule has 0 aliphatic carbocycles. The molecule has 2 aliphatic rings. The summed E-state index contributed by atoms with van der Waals surface area (Å²) in [4.78, 5) is 26.7. The molecule has 22 heavy (non-hydrogen) atoms. The van der Waals surface area contributed by atoms with Gasteiger partial charge in [0, 0.05) is 31.7 Å². The first-order valence-corrected chi connectivity index (χ1v) is 7.53. The Morgan fingerprint density at radius 2 is 2.36 bits per heavy atom. The molecule has 1 unspecified atom stereocenters. The van der Waals surface area contributed by atoms with Gasteiger partial charge in [-0.1, -0.05) is 0 Å². The van der Waals surface area contributed by atoms with Crippen LogP contribution >= 0.6 is 0 Å². The van der Waals surface area contributed by atoms with E-state index in [1.807, 2.05) is 0 Å². The van der Waals surface area contributed by atoms with E-state index in [4.69, 9.17) is 5.73 Å². The summed E-state index contributed by atoms with van der Waals surface area (Å²) < 4.78 is 0. The van der Waals surface area contributed by atoms with Gasteiger partial charge in [0.25, 0.3) is 5.91 Å². The molecular formula is C15H20N6O. The van der Waals surface area contributed by atoms with Crippen LogP contribution in [0, 0.1) is 5.92 Å². The molecule has 0 radical (unpaired) electrons. The number of allylic oxidation sites excluding steroid dienone is 1. The fourth-order valence-electron chi connectivity index (χ4n) is 2.86. The normalized spacial score (nSPS) is 21.3. The second-order valence-corrected chi connectivity index (χ2v) is 5.56. The van der Waals surface area contributed by atoms with Crippen molar-refractivity contribution < 1.29 is 4.79 Å². The zero-order valence-electron chi connectivity index (χ0n) is 12.4. The summed E-state index contributed by atoms with van der Waals surface area (Å²) in [5, 5.41) is 2.89. The average molecular weight is 300 g/mol. The van der Waals surface area contributed by atoms with Crippen LogP contribution in [0.4, 0.5) is 0 Å². The molecule has 1 saturated heterocycles. The molecule has 3 rings (SSSR count). The lowest BCUT2D eigenvalue weighted by molar-refractivity contribution is 0.0961. The van der Waals surface area contributed by atoms with Crippen LogP contribution in [0.25, 0.3) is 0 Å². The molecule has 3 heterocycles. The maximum atomic E-state index is 12.2. The summed E-state index contributed by atoms with van der Waals surface area (Å²) in [6.45, 7) is 3.22. The third-order valence-corrected chi connectivity index (χ3v) is 4.05. The lowest BCUT2D eigenvalue weighted by atomic mass is 9.97. The minimum absolute atomic E-state index is 0.263. The molecule has 1 aromatic rings. The zero-order chi connectivity index (χ0) is 15.4. The van der Waals surface area contributed by atoms with Crippen LogP contribution in [-0.2, 0) is 0 Å². The number of rotatable bonds is 4. The van der Waals surface area contributed by atoms with Crippen molar-refractivity contribution in [1.29, 1.82) is 0 Å². The molecule has 3 N–H and O–H groups in total. The van der Waals surface area contributed by atoms with Crippen LogP contribution in [0.15, 0.2) is 35.0 Å². The van der Waals surface area contributed by atoms with E-state index in [2.05, 4.69) is 25.2 Å². The molecule has 1 aromatic heterocycles. The highest BCUT2D eigenvalue weighted by atomic mass is 16.1. The maximum absolute atomic E-state index is 12.2. The standard InChI is InChI=1S/C15H20N6O/c16-6-11-2-1-5-21(10-11)14-9-18-7-12(14)20-15(22)13-8-17-3-4-19-13/h3-4,7-8,11H,1-2,5-6,9-10,16H2,(H,20,22). The lowest BCUT2D eigenvalue weighted by Crippen LogP contribution is -2.39. The van der Waals surface area contributed by atoms with Gasteiger partial charge in [0.1, 0.15) is 5.69 Å². The van der Waals surface area contributed by atoms with Crippen molar-refractivity contribution in [3.63, 3.8) is 0 Å². The number of likely N-dealkylation sites (tertiary alicyclic amines) is 1. The smallest absolute Gasteiger partial charge is 0.275 e. The fourth-order valence-corrected chi connectivity index (χ4v) is 2.86. The van der Waals surface area contributed by atoms with E-state index in [0.29, 0.717) is 24.7 Å². The minimum Gasteiger partial charge on any atom is -0.371 e. The van der Waals surface area contributed by atoms with E-state index in [0.717, 1.165) is 30.9 Å². The number of hydrogen-bond acceptors (Lipinski definition) is 6. The van der Waals surface area contributed by atoms with E-state index in [-0.39, 0.29) is 5.91 Å². The minimum atomic E-state index is -0.263. The van der Waals surface area contributed by atoms with Crippen LogP contribution in [0.2, 0.25) is 0 Å².